The van der Waals surface area contributed by atoms with Crippen LogP contribution in [0, 0.1) is 6.92 Å². The van der Waals surface area contributed by atoms with Gasteiger partial charge in [0.05, 0.1) is 7.11 Å². The largest absolute Gasteiger partial charge is 0.507 e. The molecule has 0 saturated carbocycles. The van der Waals surface area contributed by atoms with E-state index < -0.39 is 0 Å². The lowest BCUT2D eigenvalue weighted by Gasteiger charge is -2.28. The summed E-state index contributed by atoms with van der Waals surface area (Å²) >= 11 is 0. The average molecular weight is 1120 g/mol. The first-order valence-electron chi connectivity index (χ1n) is 30.0. The van der Waals surface area contributed by atoms with Gasteiger partial charge in [0.1, 0.15) is 53.5 Å². The molecule has 0 radical (unpaired) electrons. The minimum absolute atomic E-state index is 0.163. The second-order valence-corrected chi connectivity index (χ2v) is 30.6. The minimum Gasteiger partial charge on any atom is -0.507 e. The standard InChI is InChI=1S/C76H94O7/c1-43-21-56-41-82-69-52-25-48-33-58(71(2,3)4)29-44(64(48)77)23-45-30-59(72(5,6)7)34-49(65(45)78)26-54-39-63(76(17,18)19)40-55(70(54)83-42-57(22-43)68(56)81-20)28-51-36-61(74(11,12)13)32-47(67(51)80)24-46-31-60(73(8,9)10)35-50(66(46)79)27-53(69)38-62(37-52)75(14,15)16/h21-22,29-40,77-80H,23-28,41-42H2,1-20H3. The van der Waals surface area contributed by atoms with Gasteiger partial charge in [-0.1, -0.05) is 203 Å². The van der Waals surface area contributed by atoms with Crippen LogP contribution < -0.4 is 14.2 Å². The number of ether oxygens (including phenoxy) is 3. The van der Waals surface area contributed by atoms with Crippen LogP contribution in [0.1, 0.15) is 241 Å². The fourth-order valence-corrected chi connectivity index (χ4v) is 12.1. The molecule has 0 atom stereocenters. The number of aryl methyl sites for hydroxylation is 1. The molecule has 12 bridgehead atoms. The number of benzene rings is 7. The first-order valence-corrected chi connectivity index (χ1v) is 30.0. The van der Waals surface area contributed by atoms with Gasteiger partial charge in [0, 0.05) is 49.7 Å². The van der Waals surface area contributed by atoms with Gasteiger partial charge in [0.25, 0.3) is 0 Å². The van der Waals surface area contributed by atoms with Crippen molar-refractivity contribution in [3.63, 3.8) is 0 Å². The Bertz CT molecular complexity index is 3240. The summed E-state index contributed by atoms with van der Waals surface area (Å²) in [4.78, 5) is 0. The van der Waals surface area contributed by atoms with E-state index in [2.05, 4.69) is 216 Å². The Morgan fingerprint density at radius 3 is 0.651 bits per heavy atom. The van der Waals surface area contributed by atoms with Gasteiger partial charge in [-0.3, -0.25) is 0 Å². The third-order valence-electron chi connectivity index (χ3n) is 17.4. The van der Waals surface area contributed by atoms with Crippen LogP contribution in [0.2, 0.25) is 0 Å². The molecule has 7 aromatic carbocycles. The summed E-state index contributed by atoms with van der Waals surface area (Å²) in [5.41, 5.74) is 16.9. The van der Waals surface area contributed by atoms with Crippen molar-refractivity contribution in [2.75, 3.05) is 7.11 Å². The Morgan fingerprint density at radius 2 is 0.470 bits per heavy atom. The van der Waals surface area contributed by atoms with Crippen molar-refractivity contribution < 1.29 is 34.6 Å². The third-order valence-corrected chi connectivity index (χ3v) is 17.4. The predicted octanol–water partition coefficient (Wildman–Crippen LogP) is 17.9. The van der Waals surface area contributed by atoms with Crippen molar-refractivity contribution in [2.24, 2.45) is 0 Å². The van der Waals surface area contributed by atoms with Crippen molar-refractivity contribution >= 4 is 0 Å². The highest BCUT2D eigenvalue weighted by molar-refractivity contribution is 5.61. The van der Waals surface area contributed by atoms with Gasteiger partial charge in [-0.15, -0.1) is 0 Å². The maximum Gasteiger partial charge on any atom is 0.132 e. The molecular weight excluding hydrogens is 1020 g/mol. The van der Waals surface area contributed by atoms with Crippen LogP contribution >= 0.6 is 0 Å². The molecule has 0 unspecified atom stereocenters. The Balaban J connectivity index is 1.48. The number of phenols is 4. The lowest BCUT2D eigenvalue weighted by molar-refractivity contribution is 0.278. The van der Waals surface area contributed by atoms with E-state index in [-0.39, 0.29) is 81.5 Å². The van der Waals surface area contributed by atoms with E-state index in [1.54, 1.807) is 7.11 Å². The molecule has 4 N–H and O–H groups in total. The first kappa shape index (κ1) is 60.7. The summed E-state index contributed by atoms with van der Waals surface area (Å²) in [7, 11) is 1.70. The average Bonchev–Trinajstić information content (AvgIpc) is 2.71. The fourth-order valence-electron chi connectivity index (χ4n) is 12.1. The van der Waals surface area contributed by atoms with Crippen molar-refractivity contribution in [1.29, 1.82) is 0 Å². The van der Waals surface area contributed by atoms with Crippen molar-refractivity contribution in [1.82, 2.24) is 0 Å². The van der Waals surface area contributed by atoms with E-state index in [9.17, 15) is 20.4 Å². The zero-order chi connectivity index (χ0) is 60.8. The molecular formula is C76H94O7. The SMILES string of the molecule is COc1c2cc(C)cc1COc1c3cc(C(C)(C)C)cc1Cc1cc(C(C)(C)C)cc(c1O)Cc1cc(C(C)(C)C)cc(c1O)Cc1cc(C(C)(C)C)cc(c1OC2)Cc1cc(C(C)(C)C)cc(c1O)Cc1cc(C(C)(C)C)cc(c1O)C3. The number of aromatic hydroxyl groups is 4. The zero-order valence-electron chi connectivity index (χ0n) is 53.8. The molecule has 7 heteroatoms. The van der Waals surface area contributed by atoms with Gasteiger partial charge < -0.3 is 34.6 Å². The third kappa shape index (κ3) is 12.8. The quantitative estimate of drug-likeness (QED) is 0.130. The molecule has 7 aromatic rings. The van der Waals surface area contributed by atoms with Crippen molar-refractivity contribution in [3.8, 4) is 40.2 Å². The van der Waals surface area contributed by atoms with Crippen LogP contribution in [0.4, 0.5) is 0 Å². The number of rotatable bonds is 1. The molecule has 2 heterocycles. The second kappa shape index (κ2) is 21.6. The molecule has 0 amide bonds. The monoisotopic (exact) mass is 1120 g/mol. The Kier molecular flexibility index (Phi) is 15.8. The molecule has 83 heavy (non-hydrogen) atoms. The smallest absolute Gasteiger partial charge is 0.132 e. The molecule has 9 rings (SSSR count). The second-order valence-electron chi connectivity index (χ2n) is 30.6. The Labute approximate surface area is 497 Å². The summed E-state index contributed by atoms with van der Waals surface area (Å²) in [6.45, 7) is 42.2. The van der Waals surface area contributed by atoms with Crippen LogP contribution in [0.25, 0.3) is 0 Å². The van der Waals surface area contributed by atoms with Crippen LogP contribution in [0.3, 0.4) is 0 Å². The van der Waals surface area contributed by atoms with Gasteiger partial charge >= 0.3 is 0 Å². The topological polar surface area (TPSA) is 109 Å². The Hall–Kier alpha value is -6.86. The zero-order valence-corrected chi connectivity index (χ0v) is 53.8. The van der Waals surface area contributed by atoms with Gasteiger partial charge in [-0.2, -0.15) is 0 Å². The summed E-state index contributed by atoms with van der Waals surface area (Å²) in [5, 5.41) is 51.8. The summed E-state index contributed by atoms with van der Waals surface area (Å²) in [6.07, 6.45) is 1.89. The van der Waals surface area contributed by atoms with E-state index >= 15 is 0 Å². The Morgan fingerprint density at radius 1 is 0.289 bits per heavy atom. The molecule has 0 aliphatic carbocycles. The fraction of sp³-hybridized carbons (Fsp3) is 0.447. The van der Waals surface area contributed by atoms with Gasteiger partial charge in [-0.25, -0.2) is 0 Å². The van der Waals surface area contributed by atoms with Crippen LogP contribution in [-0.4, -0.2) is 27.5 Å². The highest BCUT2D eigenvalue weighted by Gasteiger charge is 2.31. The van der Waals surface area contributed by atoms with Gasteiger partial charge in [-0.05, 0) is 152 Å². The highest BCUT2D eigenvalue weighted by atomic mass is 16.5. The summed E-state index contributed by atoms with van der Waals surface area (Å²) < 4.78 is 21.2. The molecule has 0 spiro atoms. The molecule has 2 aliphatic heterocycles. The maximum atomic E-state index is 13.0. The van der Waals surface area contributed by atoms with E-state index in [1.807, 2.05) is 0 Å². The number of hydrogen-bond donors (Lipinski definition) is 4. The summed E-state index contributed by atoms with van der Waals surface area (Å²) in [6, 6.07) is 30.3. The van der Waals surface area contributed by atoms with Crippen molar-refractivity contribution in [2.45, 2.75) is 216 Å². The molecule has 0 aromatic heterocycles. The van der Waals surface area contributed by atoms with E-state index in [0.717, 1.165) is 117 Å². The molecule has 2 aliphatic rings. The lowest BCUT2D eigenvalue weighted by atomic mass is 9.79. The van der Waals surface area contributed by atoms with E-state index in [1.165, 1.54) is 0 Å². The lowest BCUT2D eigenvalue weighted by Crippen LogP contribution is -2.16. The van der Waals surface area contributed by atoms with Gasteiger partial charge in [0.15, 0.2) is 0 Å². The minimum atomic E-state index is -0.305. The molecule has 7 nitrogen and oxygen atoms in total. The van der Waals surface area contributed by atoms with E-state index in [0.29, 0.717) is 42.9 Å². The van der Waals surface area contributed by atoms with Crippen molar-refractivity contribution in [3.05, 3.63) is 202 Å². The number of fused-ring (bicyclic) bond motifs is 10. The molecule has 0 saturated heterocycles. The van der Waals surface area contributed by atoms with Crippen LogP contribution in [-0.2, 0) is 84.2 Å². The first-order chi connectivity index (χ1) is 38.4. The van der Waals surface area contributed by atoms with Gasteiger partial charge in [0.2, 0.25) is 0 Å². The van der Waals surface area contributed by atoms with Crippen LogP contribution in [0.15, 0.2) is 84.9 Å². The maximum absolute atomic E-state index is 13.0. The molecule has 440 valence electrons. The highest BCUT2D eigenvalue weighted by Crippen LogP contribution is 2.46. The normalized spacial score (nSPS) is 14.5. The predicted molar refractivity (Wildman–Crippen MR) is 341 cm³/mol. The summed E-state index contributed by atoms with van der Waals surface area (Å²) in [5.74, 6) is 2.72. The van der Waals surface area contributed by atoms with E-state index in [4.69, 9.17) is 14.2 Å². The number of hydrogen-bond acceptors (Lipinski definition) is 7. The number of methoxy groups -OCH3 is 1. The molecule has 0 fully saturated rings. The van der Waals surface area contributed by atoms with Crippen LogP contribution in [0.5, 0.6) is 40.2 Å². The number of phenolic OH excluding ortho intramolecular Hbond substituents is 4.